The van der Waals surface area contributed by atoms with Crippen molar-refractivity contribution in [3.8, 4) is 0 Å². The Morgan fingerprint density at radius 3 is 2.64 bits per heavy atom. The first-order valence-corrected chi connectivity index (χ1v) is 3.79. The summed E-state index contributed by atoms with van der Waals surface area (Å²) >= 11 is 0. The van der Waals surface area contributed by atoms with Crippen LogP contribution in [-0.2, 0) is 4.79 Å². The lowest BCUT2D eigenvalue weighted by molar-refractivity contribution is -0.122. The zero-order chi connectivity index (χ0) is 8.85. The molecule has 0 radical (unpaired) electrons. The maximum absolute atomic E-state index is 10.9. The molecular weight excluding hydrogens is 144 g/mol. The molecule has 66 valence electrons. The van der Waals surface area contributed by atoms with E-state index in [0.717, 1.165) is 0 Å². The van der Waals surface area contributed by atoms with Gasteiger partial charge in [0.05, 0.1) is 12.1 Å². The molecule has 11 heavy (non-hydrogen) atoms. The van der Waals surface area contributed by atoms with E-state index >= 15 is 0 Å². The fourth-order valence-corrected chi connectivity index (χ4v) is 0.565. The van der Waals surface area contributed by atoms with Crippen molar-refractivity contribution < 1.29 is 9.90 Å². The summed E-state index contributed by atoms with van der Waals surface area (Å²) in [4.78, 5) is 10.9. The Kier molecular flexibility index (Phi) is 4.81. The Hall–Kier alpha value is -0.610. The molecule has 0 saturated carbocycles. The van der Waals surface area contributed by atoms with Gasteiger partial charge in [0.15, 0.2) is 0 Å². The third-order valence-electron chi connectivity index (χ3n) is 1.35. The van der Waals surface area contributed by atoms with Crippen molar-refractivity contribution in [1.29, 1.82) is 0 Å². The van der Waals surface area contributed by atoms with Crippen LogP contribution in [0, 0.1) is 0 Å². The highest BCUT2D eigenvalue weighted by Crippen LogP contribution is 1.85. The average molecular weight is 160 g/mol. The second-order valence-corrected chi connectivity index (χ2v) is 2.61. The van der Waals surface area contributed by atoms with E-state index in [9.17, 15) is 4.79 Å². The Morgan fingerprint density at radius 2 is 2.27 bits per heavy atom. The van der Waals surface area contributed by atoms with Crippen LogP contribution in [0.25, 0.3) is 0 Å². The van der Waals surface area contributed by atoms with Gasteiger partial charge >= 0.3 is 0 Å². The fourth-order valence-electron chi connectivity index (χ4n) is 0.565. The first-order chi connectivity index (χ1) is 5.07. The highest BCUT2D eigenvalue weighted by molar-refractivity contribution is 5.81. The molecular formula is C7H16N2O2. The molecule has 0 aliphatic carbocycles. The van der Waals surface area contributed by atoms with E-state index < -0.39 is 12.1 Å². The predicted molar refractivity (Wildman–Crippen MR) is 43.0 cm³/mol. The molecule has 0 fully saturated rings. The van der Waals surface area contributed by atoms with Crippen molar-refractivity contribution in [3.05, 3.63) is 0 Å². The van der Waals surface area contributed by atoms with Gasteiger partial charge in [-0.3, -0.25) is 4.79 Å². The number of aliphatic hydroxyl groups excluding tert-OH is 1. The molecule has 0 aliphatic heterocycles. The van der Waals surface area contributed by atoms with Crippen LogP contribution in [0.5, 0.6) is 0 Å². The molecule has 0 aromatic carbocycles. The zero-order valence-corrected chi connectivity index (χ0v) is 7.00. The largest absolute Gasteiger partial charge is 0.392 e. The normalized spacial score (nSPS) is 15.6. The highest BCUT2D eigenvalue weighted by atomic mass is 16.3. The quantitative estimate of drug-likeness (QED) is 0.505. The number of hydrogen-bond donors (Lipinski definition) is 3. The van der Waals surface area contributed by atoms with Gasteiger partial charge in [-0.05, 0) is 13.3 Å². The van der Waals surface area contributed by atoms with E-state index in [1.165, 1.54) is 0 Å². The first-order valence-electron chi connectivity index (χ1n) is 3.79. The van der Waals surface area contributed by atoms with Crippen LogP contribution in [0.4, 0.5) is 0 Å². The monoisotopic (exact) mass is 160 g/mol. The summed E-state index contributed by atoms with van der Waals surface area (Å²) in [5.74, 6) is -0.201. The minimum Gasteiger partial charge on any atom is -0.392 e. The van der Waals surface area contributed by atoms with Crippen molar-refractivity contribution in [3.63, 3.8) is 0 Å². The molecule has 0 aromatic heterocycles. The van der Waals surface area contributed by atoms with E-state index in [1.54, 1.807) is 6.92 Å². The second-order valence-electron chi connectivity index (χ2n) is 2.61. The van der Waals surface area contributed by atoms with Gasteiger partial charge in [-0.15, -0.1) is 0 Å². The van der Waals surface area contributed by atoms with Gasteiger partial charge in [0.25, 0.3) is 0 Å². The van der Waals surface area contributed by atoms with Crippen LogP contribution >= 0.6 is 0 Å². The van der Waals surface area contributed by atoms with Crippen molar-refractivity contribution in [2.45, 2.75) is 32.4 Å². The number of hydrogen-bond acceptors (Lipinski definition) is 3. The second kappa shape index (κ2) is 5.09. The minimum atomic E-state index is -0.511. The van der Waals surface area contributed by atoms with Gasteiger partial charge < -0.3 is 16.2 Å². The Bertz CT molecular complexity index is 126. The zero-order valence-electron chi connectivity index (χ0n) is 7.00. The third kappa shape index (κ3) is 4.75. The number of amides is 1. The average Bonchev–Trinajstić information content (AvgIpc) is 1.98. The molecule has 0 rings (SSSR count). The fraction of sp³-hybridized carbons (Fsp3) is 0.857. The van der Waals surface area contributed by atoms with E-state index in [2.05, 4.69) is 5.32 Å². The Balaban J connectivity index is 3.52. The van der Waals surface area contributed by atoms with Crippen LogP contribution in [0.3, 0.4) is 0 Å². The number of aliphatic hydroxyl groups is 1. The van der Waals surface area contributed by atoms with Crippen LogP contribution < -0.4 is 11.1 Å². The van der Waals surface area contributed by atoms with Crippen LogP contribution in [0.2, 0.25) is 0 Å². The molecule has 4 nitrogen and oxygen atoms in total. The maximum atomic E-state index is 10.9. The Morgan fingerprint density at radius 1 is 1.73 bits per heavy atom. The molecule has 1 amide bonds. The van der Waals surface area contributed by atoms with E-state index in [4.69, 9.17) is 10.8 Å². The van der Waals surface area contributed by atoms with E-state index in [0.29, 0.717) is 6.42 Å². The number of nitrogens with two attached hydrogens (primary N) is 1. The molecule has 0 heterocycles. The summed E-state index contributed by atoms with van der Waals surface area (Å²) in [6.07, 6.45) is 0.106. The lowest BCUT2D eigenvalue weighted by Crippen LogP contribution is -2.42. The molecule has 2 atom stereocenters. The van der Waals surface area contributed by atoms with Crippen LogP contribution in [0.15, 0.2) is 0 Å². The topological polar surface area (TPSA) is 75.4 Å². The summed E-state index contributed by atoms with van der Waals surface area (Å²) < 4.78 is 0. The molecule has 0 saturated heterocycles. The summed E-state index contributed by atoms with van der Waals surface area (Å²) in [7, 11) is 0. The third-order valence-corrected chi connectivity index (χ3v) is 1.35. The summed E-state index contributed by atoms with van der Waals surface area (Å²) in [5.41, 5.74) is 5.41. The predicted octanol–water partition coefficient (Wildman–Crippen LogP) is -0.779. The van der Waals surface area contributed by atoms with Gasteiger partial charge in [-0.2, -0.15) is 0 Å². The Labute approximate surface area is 66.8 Å². The van der Waals surface area contributed by atoms with E-state index in [-0.39, 0.29) is 12.5 Å². The number of carbonyl (C=O) groups excluding carboxylic acids is 1. The molecule has 0 aromatic rings. The van der Waals surface area contributed by atoms with Gasteiger partial charge in [-0.1, -0.05) is 6.92 Å². The molecule has 4 heteroatoms. The number of rotatable bonds is 4. The number of nitrogens with one attached hydrogen (secondary N) is 1. The standard InChI is InChI=1S/C7H16N2O2/c1-3-6(8)7(11)9-4-5(2)10/h5-6,10H,3-4,8H2,1-2H3,(H,9,11)/t5-,6?/m1/s1. The van der Waals surface area contributed by atoms with Gasteiger partial charge in [0.2, 0.25) is 5.91 Å². The SMILES string of the molecule is CCC(N)C(=O)NC[C@@H](C)O. The lowest BCUT2D eigenvalue weighted by Gasteiger charge is -2.10. The van der Waals surface area contributed by atoms with Gasteiger partial charge in [0.1, 0.15) is 0 Å². The first kappa shape index (κ1) is 10.4. The molecule has 4 N–H and O–H groups in total. The summed E-state index contributed by atoms with van der Waals surface area (Å²) in [6.45, 7) is 3.72. The van der Waals surface area contributed by atoms with Gasteiger partial charge in [-0.25, -0.2) is 0 Å². The van der Waals surface area contributed by atoms with Crippen molar-refractivity contribution >= 4 is 5.91 Å². The lowest BCUT2D eigenvalue weighted by atomic mass is 10.2. The van der Waals surface area contributed by atoms with Crippen molar-refractivity contribution in [1.82, 2.24) is 5.32 Å². The number of carbonyl (C=O) groups is 1. The van der Waals surface area contributed by atoms with Gasteiger partial charge in [0, 0.05) is 6.54 Å². The summed E-state index contributed by atoms with van der Waals surface area (Å²) in [6, 6.07) is -0.450. The highest BCUT2D eigenvalue weighted by Gasteiger charge is 2.10. The molecule has 0 bridgehead atoms. The molecule has 0 aliphatic rings. The van der Waals surface area contributed by atoms with Crippen molar-refractivity contribution in [2.24, 2.45) is 5.73 Å². The van der Waals surface area contributed by atoms with E-state index in [1.807, 2.05) is 6.92 Å². The van der Waals surface area contributed by atoms with Crippen molar-refractivity contribution in [2.75, 3.05) is 6.54 Å². The smallest absolute Gasteiger partial charge is 0.236 e. The summed E-state index contributed by atoms with van der Waals surface area (Å²) in [5, 5.41) is 11.3. The molecule has 0 spiro atoms. The minimum absolute atomic E-state index is 0.201. The van der Waals surface area contributed by atoms with Crippen LogP contribution in [0.1, 0.15) is 20.3 Å². The molecule has 1 unspecified atom stereocenters. The maximum Gasteiger partial charge on any atom is 0.236 e. The van der Waals surface area contributed by atoms with Crippen LogP contribution in [-0.4, -0.2) is 29.7 Å².